The van der Waals surface area contributed by atoms with Crippen LogP contribution in [0.1, 0.15) is 18.1 Å². The number of sulfonamides is 1. The first-order valence-electron chi connectivity index (χ1n) is 8.05. The van der Waals surface area contributed by atoms with Gasteiger partial charge in [0.05, 0.1) is 17.3 Å². The number of benzene rings is 2. The molecule has 0 radical (unpaired) electrons. The van der Waals surface area contributed by atoms with Crippen molar-refractivity contribution in [2.75, 3.05) is 12.4 Å². The average molecular weight is 395 g/mol. The van der Waals surface area contributed by atoms with Crippen LogP contribution in [-0.4, -0.2) is 26.7 Å². The summed E-state index contributed by atoms with van der Waals surface area (Å²) in [6, 6.07) is 11.9. The number of hydrogen-bond donors (Lipinski definition) is 2. The number of carbonyl (C=O) groups is 1. The van der Waals surface area contributed by atoms with Gasteiger partial charge < -0.3 is 4.74 Å². The van der Waals surface area contributed by atoms with E-state index >= 15 is 0 Å². The second-order valence-electron chi connectivity index (χ2n) is 5.59. The van der Waals surface area contributed by atoms with Crippen LogP contribution in [0.4, 0.5) is 0 Å². The molecular weight excluding hydrogens is 372 g/mol. The Balaban J connectivity index is 1.87. The van der Waals surface area contributed by atoms with E-state index in [4.69, 9.17) is 4.74 Å². The first-order chi connectivity index (χ1) is 12.3. The number of ether oxygens (including phenoxy) is 1. The topological polar surface area (TPSA) is 84.5 Å². The molecule has 0 fully saturated rings. The standard InChI is InChI=1S/C18H22N2O4S2/c1-4-24-15-6-9-17(10-7-15)26(22,23)20-19-18(21)12-25-16-8-5-13(2)14(3)11-16/h5-11,20H,4,12H2,1-3H3,(H,19,21). The molecule has 0 bridgehead atoms. The Hall–Kier alpha value is -2.03. The summed E-state index contributed by atoms with van der Waals surface area (Å²) in [5, 5.41) is 0. The third kappa shape index (κ3) is 5.76. The molecule has 2 aromatic rings. The molecule has 0 aliphatic rings. The van der Waals surface area contributed by atoms with E-state index in [2.05, 4.69) is 10.3 Å². The zero-order valence-electron chi connectivity index (χ0n) is 14.9. The van der Waals surface area contributed by atoms with E-state index in [-0.39, 0.29) is 10.6 Å². The smallest absolute Gasteiger partial charge is 0.257 e. The fourth-order valence-corrected chi connectivity index (χ4v) is 3.71. The van der Waals surface area contributed by atoms with Crippen LogP contribution in [-0.2, 0) is 14.8 Å². The van der Waals surface area contributed by atoms with Gasteiger partial charge in [0.25, 0.3) is 10.0 Å². The van der Waals surface area contributed by atoms with Gasteiger partial charge >= 0.3 is 0 Å². The molecule has 0 spiro atoms. The Morgan fingerprint density at radius 3 is 2.38 bits per heavy atom. The summed E-state index contributed by atoms with van der Waals surface area (Å²) in [5.74, 6) is 0.261. The highest BCUT2D eigenvalue weighted by molar-refractivity contribution is 8.00. The molecule has 1 amide bonds. The van der Waals surface area contributed by atoms with E-state index in [9.17, 15) is 13.2 Å². The van der Waals surface area contributed by atoms with Gasteiger partial charge in [-0.1, -0.05) is 6.07 Å². The fraction of sp³-hybridized carbons (Fsp3) is 0.278. The van der Waals surface area contributed by atoms with Crippen molar-refractivity contribution in [1.82, 2.24) is 10.3 Å². The van der Waals surface area contributed by atoms with Crippen LogP contribution >= 0.6 is 11.8 Å². The lowest BCUT2D eigenvalue weighted by Crippen LogP contribution is -2.42. The average Bonchev–Trinajstić information content (AvgIpc) is 2.62. The van der Waals surface area contributed by atoms with Gasteiger partial charge in [0.2, 0.25) is 5.91 Å². The highest BCUT2D eigenvalue weighted by Crippen LogP contribution is 2.20. The molecule has 2 aromatic carbocycles. The van der Waals surface area contributed by atoms with Gasteiger partial charge in [-0.2, -0.15) is 0 Å². The van der Waals surface area contributed by atoms with Crippen LogP contribution in [0.15, 0.2) is 52.3 Å². The number of amides is 1. The second kappa shape index (κ2) is 9.07. The predicted molar refractivity (Wildman–Crippen MR) is 103 cm³/mol. The van der Waals surface area contributed by atoms with Crippen LogP contribution < -0.4 is 15.0 Å². The maximum absolute atomic E-state index is 12.2. The summed E-state index contributed by atoms with van der Waals surface area (Å²) in [7, 11) is -3.83. The van der Waals surface area contributed by atoms with E-state index < -0.39 is 15.9 Å². The van der Waals surface area contributed by atoms with Gasteiger partial charge in [-0.15, -0.1) is 16.6 Å². The van der Waals surface area contributed by atoms with Gasteiger partial charge in [-0.05, 0) is 68.3 Å². The molecular formula is C18H22N2O4S2. The summed E-state index contributed by atoms with van der Waals surface area (Å²) in [4.78, 5) is 15.0. The van der Waals surface area contributed by atoms with E-state index in [1.54, 1.807) is 12.1 Å². The van der Waals surface area contributed by atoms with Crippen LogP contribution in [0.2, 0.25) is 0 Å². The number of carbonyl (C=O) groups excluding carboxylic acids is 1. The van der Waals surface area contributed by atoms with Crippen molar-refractivity contribution in [3.8, 4) is 5.75 Å². The number of hydrazine groups is 1. The van der Waals surface area contributed by atoms with Crippen LogP contribution in [0.3, 0.4) is 0 Å². The van der Waals surface area contributed by atoms with Crippen LogP contribution in [0.25, 0.3) is 0 Å². The Labute approximate surface area is 158 Å². The van der Waals surface area contributed by atoms with Gasteiger partial charge in [-0.25, -0.2) is 8.42 Å². The Morgan fingerprint density at radius 2 is 1.77 bits per heavy atom. The molecule has 0 aliphatic carbocycles. The largest absolute Gasteiger partial charge is 0.494 e. The normalized spacial score (nSPS) is 11.2. The lowest BCUT2D eigenvalue weighted by Gasteiger charge is -2.10. The molecule has 0 aliphatic heterocycles. The Bertz CT molecular complexity index is 865. The monoisotopic (exact) mass is 394 g/mol. The van der Waals surface area contributed by atoms with Gasteiger partial charge in [-0.3, -0.25) is 10.2 Å². The Morgan fingerprint density at radius 1 is 1.08 bits per heavy atom. The molecule has 0 unspecified atom stereocenters. The summed E-state index contributed by atoms with van der Waals surface area (Å²) >= 11 is 1.34. The fourth-order valence-electron chi connectivity index (χ4n) is 2.05. The molecule has 0 heterocycles. The molecule has 0 aromatic heterocycles. The minimum atomic E-state index is -3.83. The van der Waals surface area contributed by atoms with E-state index in [1.165, 1.54) is 29.5 Å². The zero-order chi connectivity index (χ0) is 19.2. The molecule has 6 nitrogen and oxygen atoms in total. The van der Waals surface area contributed by atoms with Gasteiger partial charge in [0, 0.05) is 4.90 Å². The molecule has 2 N–H and O–H groups in total. The maximum Gasteiger partial charge on any atom is 0.257 e. The second-order valence-corrected chi connectivity index (χ2v) is 8.32. The first-order valence-corrected chi connectivity index (χ1v) is 10.5. The molecule has 2 rings (SSSR count). The van der Waals surface area contributed by atoms with Crippen molar-refractivity contribution in [3.63, 3.8) is 0 Å². The Kier molecular flexibility index (Phi) is 7.07. The molecule has 0 saturated heterocycles. The van der Waals surface area contributed by atoms with Gasteiger partial charge in [0.1, 0.15) is 5.75 Å². The lowest BCUT2D eigenvalue weighted by molar-refractivity contribution is -0.119. The number of aryl methyl sites for hydroxylation is 2. The number of hydrogen-bond acceptors (Lipinski definition) is 5. The summed E-state index contributed by atoms with van der Waals surface area (Å²) in [5.41, 5.74) is 4.56. The third-order valence-corrected chi connectivity index (χ3v) is 5.88. The summed E-state index contributed by atoms with van der Waals surface area (Å²) in [6.07, 6.45) is 0. The van der Waals surface area contributed by atoms with Crippen molar-refractivity contribution >= 4 is 27.7 Å². The van der Waals surface area contributed by atoms with Crippen molar-refractivity contribution in [3.05, 3.63) is 53.6 Å². The minimum Gasteiger partial charge on any atom is -0.494 e. The van der Waals surface area contributed by atoms with Crippen LogP contribution in [0.5, 0.6) is 5.75 Å². The van der Waals surface area contributed by atoms with E-state index in [0.29, 0.717) is 12.4 Å². The first kappa shape index (κ1) is 20.3. The minimum absolute atomic E-state index is 0.0445. The van der Waals surface area contributed by atoms with Crippen molar-refractivity contribution < 1.29 is 17.9 Å². The molecule has 8 heteroatoms. The highest BCUT2D eigenvalue weighted by atomic mass is 32.2. The lowest BCUT2D eigenvalue weighted by atomic mass is 10.1. The maximum atomic E-state index is 12.2. The number of thioether (sulfide) groups is 1. The SMILES string of the molecule is CCOc1ccc(S(=O)(=O)NNC(=O)CSc2ccc(C)c(C)c2)cc1. The van der Waals surface area contributed by atoms with Crippen LogP contribution in [0, 0.1) is 13.8 Å². The molecule has 140 valence electrons. The molecule has 0 atom stereocenters. The van der Waals surface area contributed by atoms with Gasteiger partial charge in [0.15, 0.2) is 0 Å². The van der Waals surface area contributed by atoms with E-state index in [0.717, 1.165) is 10.5 Å². The summed E-state index contributed by atoms with van der Waals surface area (Å²) < 4.78 is 29.7. The number of rotatable bonds is 8. The third-order valence-electron chi connectivity index (χ3n) is 3.62. The summed E-state index contributed by atoms with van der Waals surface area (Å²) in [6.45, 7) is 6.37. The van der Waals surface area contributed by atoms with Crippen molar-refractivity contribution in [2.45, 2.75) is 30.6 Å². The molecule has 26 heavy (non-hydrogen) atoms. The molecule has 0 saturated carbocycles. The zero-order valence-corrected chi connectivity index (χ0v) is 16.5. The predicted octanol–water partition coefficient (Wildman–Crippen LogP) is 2.80. The quantitative estimate of drug-likeness (QED) is 0.531. The van der Waals surface area contributed by atoms with Crippen molar-refractivity contribution in [2.24, 2.45) is 0 Å². The van der Waals surface area contributed by atoms with Crippen molar-refractivity contribution in [1.29, 1.82) is 0 Å². The number of nitrogens with one attached hydrogen (secondary N) is 2. The highest BCUT2D eigenvalue weighted by Gasteiger charge is 2.15. The van der Waals surface area contributed by atoms with E-state index in [1.807, 2.05) is 39.0 Å².